The number of hydrogen-bond donors (Lipinski definition) is 1. The van der Waals surface area contributed by atoms with Crippen LogP contribution in [-0.4, -0.2) is 39.4 Å². The van der Waals surface area contributed by atoms with Gasteiger partial charge in [0.05, 0.1) is 5.56 Å². The second-order valence-electron chi connectivity index (χ2n) is 8.16. The van der Waals surface area contributed by atoms with Crippen LogP contribution in [0.4, 0.5) is 0 Å². The van der Waals surface area contributed by atoms with Crippen molar-refractivity contribution in [1.29, 1.82) is 0 Å². The predicted molar refractivity (Wildman–Crippen MR) is 124 cm³/mol. The molecule has 170 valence electrons. The van der Waals surface area contributed by atoms with Crippen molar-refractivity contribution in [2.75, 3.05) is 13.6 Å². The average Bonchev–Trinajstić information content (AvgIpc) is 2.84. The summed E-state index contributed by atoms with van der Waals surface area (Å²) in [6.45, 7) is 1.09. The summed E-state index contributed by atoms with van der Waals surface area (Å²) in [7, 11) is 3.11. The average molecular weight is 447 g/mol. The fourth-order valence-electron chi connectivity index (χ4n) is 4.21. The van der Waals surface area contributed by atoms with E-state index in [1.165, 1.54) is 29.9 Å². The van der Waals surface area contributed by atoms with E-state index in [1.54, 1.807) is 22.7 Å². The first-order valence-corrected chi connectivity index (χ1v) is 10.9. The molecule has 1 aliphatic heterocycles. The third kappa shape index (κ3) is 4.50. The van der Waals surface area contributed by atoms with Crippen LogP contribution in [0.1, 0.15) is 37.4 Å². The molecule has 0 fully saturated rings. The largest absolute Gasteiger partial charge is 0.355 e. The second-order valence-corrected chi connectivity index (χ2v) is 8.16. The van der Waals surface area contributed by atoms with E-state index in [1.807, 2.05) is 30.3 Å². The van der Waals surface area contributed by atoms with E-state index in [0.717, 1.165) is 11.1 Å². The van der Waals surface area contributed by atoms with Crippen LogP contribution in [0.25, 0.3) is 0 Å². The van der Waals surface area contributed by atoms with Gasteiger partial charge in [0.25, 0.3) is 17.4 Å². The van der Waals surface area contributed by atoms with Gasteiger partial charge in [-0.1, -0.05) is 30.3 Å². The molecule has 1 N–H and O–H groups in total. The molecule has 0 spiro atoms. The van der Waals surface area contributed by atoms with Crippen molar-refractivity contribution in [3.8, 4) is 0 Å². The smallest absolute Gasteiger partial charge is 0.263 e. The summed E-state index contributed by atoms with van der Waals surface area (Å²) in [6, 6.07) is 12.7. The van der Waals surface area contributed by atoms with Gasteiger partial charge >= 0.3 is 0 Å². The number of aryl methyl sites for hydroxylation is 3. The molecule has 1 aromatic carbocycles. The summed E-state index contributed by atoms with van der Waals surface area (Å²) in [6.07, 6.45) is 4.35. The van der Waals surface area contributed by atoms with Crippen LogP contribution in [0.2, 0.25) is 0 Å². The van der Waals surface area contributed by atoms with Crippen LogP contribution in [0, 0.1) is 0 Å². The quantitative estimate of drug-likeness (QED) is 0.640. The number of nitrogens with zero attached hydrogens (tertiary/aromatic N) is 3. The SMILES string of the molecule is CNC(=O)c1c2c(cn(CCc3ccccc3)c1=O)CN(C(=O)c1ccc(=O)n(C)c1)CC2. The first kappa shape index (κ1) is 22.3. The van der Waals surface area contributed by atoms with Gasteiger partial charge in [0.1, 0.15) is 5.56 Å². The van der Waals surface area contributed by atoms with Gasteiger partial charge in [-0.2, -0.15) is 0 Å². The molecule has 0 aliphatic carbocycles. The lowest BCUT2D eigenvalue weighted by Gasteiger charge is -2.30. The van der Waals surface area contributed by atoms with E-state index >= 15 is 0 Å². The Hall–Kier alpha value is -3.94. The summed E-state index contributed by atoms with van der Waals surface area (Å²) in [5.41, 5.74) is 2.64. The van der Waals surface area contributed by atoms with Crippen molar-refractivity contribution in [1.82, 2.24) is 19.4 Å². The fraction of sp³-hybridized carbons (Fsp3) is 0.280. The molecule has 0 saturated heterocycles. The van der Waals surface area contributed by atoms with E-state index in [2.05, 4.69) is 5.32 Å². The van der Waals surface area contributed by atoms with Crippen molar-refractivity contribution < 1.29 is 9.59 Å². The highest BCUT2D eigenvalue weighted by Gasteiger charge is 2.28. The maximum absolute atomic E-state index is 13.2. The molecule has 0 unspecified atom stereocenters. The maximum atomic E-state index is 13.2. The molecule has 2 aromatic heterocycles. The molecule has 3 heterocycles. The van der Waals surface area contributed by atoms with Gasteiger partial charge in [-0.05, 0) is 35.6 Å². The van der Waals surface area contributed by atoms with Gasteiger partial charge in [0, 0.05) is 52.2 Å². The molecule has 8 heteroatoms. The lowest BCUT2D eigenvalue weighted by molar-refractivity contribution is 0.0733. The van der Waals surface area contributed by atoms with Crippen molar-refractivity contribution in [2.24, 2.45) is 7.05 Å². The second kappa shape index (κ2) is 9.28. The monoisotopic (exact) mass is 446 g/mol. The van der Waals surface area contributed by atoms with E-state index in [4.69, 9.17) is 0 Å². The van der Waals surface area contributed by atoms with Crippen LogP contribution in [0.15, 0.2) is 64.4 Å². The minimum atomic E-state index is -0.414. The summed E-state index contributed by atoms with van der Waals surface area (Å²) < 4.78 is 2.94. The zero-order chi connectivity index (χ0) is 23.5. The van der Waals surface area contributed by atoms with Crippen molar-refractivity contribution in [3.63, 3.8) is 0 Å². The highest BCUT2D eigenvalue weighted by molar-refractivity contribution is 5.96. The summed E-state index contributed by atoms with van der Waals surface area (Å²) >= 11 is 0. The Balaban J connectivity index is 1.67. The number of carbonyl (C=O) groups is 2. The van der Waals surface area contributed by atoms with E-state index < -0.39 is 5.91 Å². The number of rotatable bonds is 5. The Morgan fingerprint density at radius 2 is 1.79 bits per heavy atom. The van der Waals surface area contributed by atoms with Crippen molar-refractivity contribution >= 4 is 11.8 Å². The predicted octanol–water partition coefficient (Wildman–Crippen LogP) is 1.35. The number of pyridine rings is 2. The molecule has 1 aliphatic rings. The summed E-state index contributed by atoms with van der Waals surface area (Å²) in [5.74, 6) is -0.608. The zero-order valence-electron chi connectivity index (χ0n) is 18.7. The van der Waals surface area contributed by atoms with E-state index in [-0.39, 0.29) is 29.1 Å². The lowest BCUT2D eigenvalue weighted by atomic mass is 9.95. The van der Waals surface area contributed by atoms with Crippen molar-refractivity contribution in [3.05, 3.63) is 103 Å². The van der Waals surface area contributed by atoms with Gasteiger partial charge in [-0.25, -0.2) is 0 Å². The van der Waals surface area contributed by atoms with Crippen LogP contribution in [-0.2, 0) is 33.0 Å². The lowest BCUT2D eigenvalue weighted by Crippen LogP contribution is -2.41. The van der Waals surface area contributed by atoms with Crippen LogP contribution >= 0.6 is 0 Å². The number of hydrogen-bond acceptors (Lipinski definition) is 4. The van der Waals surface area contributed by atoms with Gasteiger partial charge in [0.2, 0.25) is 5.56 Å². The van der Waals surface area contributed by atoms with Crippen LogP contribution < -0.4 is 16.4 Å². The molecule has 0 atom stereocenters. The number of benzene rings is 1. The number of amides is 2. The van der Waals surface area contributed by atoms with Crippen LogP contribution in [0.5, 0.6) is 0 Å². The molecule has 3 aromatic rings. The zero-order valence-corrected chi connectivity index (χ0v) is 18.7. The summed E-state index contributed by atoms with van der Waals surface area (Å²) in [4.78, 5) is 52.2. The van der Waals surface area contributed by atoms with Gasteiger partial charge < -0.3 is 19.4 Å². The standard InChI is InChI=1S/C25H26N4O4/c1-26-23(31)22-20-11-13-28(24(32)18-8-9-21(30)27(2)14-18)15-19(20)16-29(25(22)33)12-10-17-6-4-3-5-7-17/h3-9,14,16H,10-13,15H2,1-2H3,(H,26,31). The number of fused-ring (bicyclic) bond motifs is 1. The fourth-order valence-corrected chi connectivity index (χ4v) is 4.21. The van der Waals surface area contributed by atoms with Crippen molar-refractivity contribution in [2.45, 2.75) is 25.9 Å². The molecule has 0 radical (unpaired) electrons. The number of aromatic nitrogens is 2. The molecule has 8 nitrogen and oxygen atoms in total. The van der Waals surface area contributed by atoms with Gasteiger partial charge in [0.15, 0.2) is 0 Å². The van der Waals surface area contributed by atoms with E-state index in [9.17, 15) is 19.2 Å². The Bertz CT molecular complexity index is 1320. The van der Waals surface area contributed by atoms with Crippen LogP contribution in [0.3, 0.4) is 0 Å². The van der Waals surface area contributed by atoms with Gasteiger partial charge in [-0.3, -0.25) is 19.2 Å². The number of nitrogens with one attached hydrogen (secondary N) is 1. The molecular weight excluding hydrogens is 420 g/mol. The Labute approximate surface area is 191 Å². The Morgan fingerprint density at radius 1 is 1.03 bits per heavy atom. The highest BCUT2D eigenvalue weighted by atomic mass is 16.2. The first-order chi connectivity index (χ1) is 15.9. The third-order valence-electron chi connectivity index (χ3n) is 6.03. The Morgan fingerprint density at radius 3 is 2.48 bits per heavy atom. The normalized spacial score (nSPS) is 12.8. The topological polar surface area (TPSA) is 93.4 Å². The highest BCUT2D eigenvalue weighted by Crippen LogP contribution is 2.22. The minimum Gasteiger partial charge on any atom is -0.355 e. The molecule has 33 heavy (non-hydrogen) atoms. The van der Waals surface area contributed by atoms with Gasteiger partial charge in [-0.15, -0.1) is 0 Å². The molecule has 0 saturated carbocycles. The molecule has 4 rings (SSSR count). The first-order valence-electron chi connectivity index (χ1n) is 10.9. The maximum Gasteiger partial charge on any atom is 0.263 e. The summed E-state index contributed by atoms with van der Waals surface area (Å²) in [5, 5.41) is 2.58. The Kier molecular flexibility index (Phi) is 6.26. The molecular formula is C25H26N4O4. The number of carbonyl (C=O) groups excluding carboxylic acids is 2. The van der Waals surface area contributed by atoms with E-state index in [0.29, 0.717) is 37.1 Å². The molecule has 2 amide bonds. The molecule has 0 bridgehead atoms. The third-order valence-corrected chi connectivity index (χ3v) is 6.03. The minimum absolute atomic E-state index is 0.150.